The molecule has 0 aliphatic carbocycles. The molecule has 1 aromatic rings. The second-order valence-corrected chi connectivity index (χ2v) is 4.03. The molecular weight excluding hydrogens is 268 g/mol. The summed E-state index contributed by atoms with van der Waals surface area (Å²) >= 11 is 3.09. The van der Waals surface area contributed by atoms with Gasteiger partial charge in [0.2, 0.25) is 0 Å². The van der Waals surface area contributed by atoms with Gasteiger partial charge in [-0.05, 0) is 28.9 Å². The molecule has 1 unspecified atom stereocenters. The molecule has 0 aliphatic heterocycles. The van der Waals surface area contributed by atoms with Crippen molar-refractivity contribution in [2.45, 2.75) is 13.0 Å². The molecule has 0 amide bonds. The summed E-state index contributed by atoms with van der Waals surface area (Å²) in [6.07, 6.45) is -0.0404. The first-order valence-corrected chi connectivity index (χ1v) is 5.25. The lowest BCUT2D eigenvalue weighted by atomic mass is 10.3. The standard InChI is InChI=1S/C10H12BrF2NO/c1-6(15-2)5-14-10-8(11)3-7(12)4-9(10)13/h3-4,6,14H,5H2,1-2H3. The molecule has 0 saturated heterocycles. The first kappa shape index (κ1) is 12.4. The van der Waals surface area contributed by atoms with Crippen molar-refractivity contribution in [3.63, 3.8) is 0 Å². The summed E-state index contributed by atoms with van der Waals surface area (Å²) in [5, 5.41) is 2.85. The fourth-order valence-corrected chi connectivity index (χ4v) is 1.59. The van der Waals surface area contributed by atoms with Crippen LogP contribution in [-0.2, 0) is 4.74 Å². The molecule has 0 heterocycles. The maximum absolute atomic E-state index is 13.3. The van der Waals surface area contributed by atoms with Gasteiger partial charge in [0.1, 0.15) is 11.6 Å². The van der Waals surface area contributed by atoms with E-state index in [2.05, 4.69) is 21.2 Å². The number of benzene rings is 1. The number of hydrogen-bond donors (Lipinski definition) is 1. The first-order valence-electron chi connectivity index (χ1n) is 4.45. The Labute approximate surface area is 95.8 Å². The molecule has 1 aromatic carbocycles. The van der Waals surface area contributed by atoms with Gasteiger partial charge in [-0.1, -0.05) is 0 Å². The lowest BCUT2D eigenvalue weighted by molar-refractivity contribution is 0.128. The van der Waals surface area contributed by atoms with Crippen LogP contribution in [0.15, 0.2) is 16.6 Å². The van der Waals surface area contributed by atoms with E-state index in [1.807, 2.05) is 6.92 Å². The van der Waals surface area contributed by atoms with Crippen molar-refractivity contribution in [1.29, 1.82) is 0 Å². The van der Waals surface area contributed by atoms with E-state index in [0.717, 1.165) is 6.07 Å². The number of rotatable bonds is 4. The smallest absolute Gasteiger partial charge is 0.150 e. The maximum atomic E-state index is 13.3. The monoisotopic (exact) mass is 279 g/mol. The Morgan fingerprint density at radius 3 is 2.67 bits per heavy atom. The highest BCUT2D eigenvalue weighted by molar-refractivity contribution is 9.10. The van der Waals surface area contributed by atoms with E-state index >= 15 is 0 Å². The molecule has 0 spiro atoms. The number of nitrogens with one attached hydrogen (secondary N) is 1. The number of methoxy groups -OCH3 is 1. The van der Waals surface area contributed by atoms with Gasteiger partial charge >= 0.3 is 0 Å². The van der Waals surface area contributed by atoms with Crippen molar-refractivity contribution in [3.05, 3.63) is 28.2 Å². The summed E-state index contributed by atoms with van der Waals surface area (Å²) < 4.78 is 31.4. The van der Waals surface area contributed by atoms with Crippen LogP contribution in [-0.4, -0.2) is 19.8 Å². The summed E-state index contributed by atoms with van der Waals surface area (Å²) in [7, 11) is 1.57. The largest absolute Gasteiger partial charge is 0.380 e. The molecule has 1 atom stereocenters. The van der Waals surface area contributed by atoms with Crippen LogP contribution in [0.1, 0.15) is 6.92 Å². The number of ether oxygens (including phenoxy) is 1. The fourth-order valence-electron chi connectivity index (χ4n) is 1.04. The molecular formula is C10H12BrF2NO. The van der Waals surface area contributed by atoms with Crippen molar-refractivity contribution in [2.24, 2.45) is 0 Å². The predicted octanol–water partition coefficient (Wildman–Crippen LogP) is 3.17. The molecule has 0 fully saturated rings. The molecule has 0 radical (unpaired) electrons. The Kier molecular flexibility index (Phi) is 4.47. The molecule has 84 valence electrons. The van der Waals surface area contributed by atoms with Crippen LogP contribution >= 0.6 is 15.9 Å². The van der Waals surface area contributed by atoms with Crippen LogP contribution in [0.4, 0.5) is 14.5 Å². The second-order valence-electron chi connectivity index (χ2n) is 3.17. The summed E-state index contributed by atoms with van der Waals surface area (Å²) in [4.78, 5) is 0. The van der Waals surface area contributed by atoms with E-state index in [0.29, 0.717) is 11.0 Å². The van der Waals surface area contributed by atoms with Gasteiger partial charge in [-0.2, -0.15) is 0 Å². The molecule has 15 heavy (non-hydrogen) atoms. The molecule has 0 saturated carbocycles. The van der Waals surface area contributed by atoms with E-state index in [9.17, 15) is 8.78 Å². The van der Waals surface area contributed by atoms with Crippen molar-refractivity contribution >= 4 is 21.6 Å². The Balaban J connectivity index is 2.77. The predicted molar refractivity (Wildman–Crippen MR) is 59.0 cm³/mol. The van der Waals surface area contributed by atoms with Gasteiger partial charge in [-0.3, -0.25) is 0 Å². The highest BCUT2D eigenvalue weighted by Crippen LogP contribution is 2.26. The van der Waals surface area contributed by atoms with Gasteiger partial charge in [0.05, 0.1) is 11.8 Å². The SMILES string of the molecule is COC(C)CNc1c(F)cc(F)cc1Br. The van der Waals surface area contributed by atoms with Crippen LogP contribution in [0.5, 0.6) is 0 Å². The van der Waals surface area contributed by atoms with Crippen molar-refractivity contribution in [3.8, 4) is 0 Å². The highest BCUT2D eigenvalue weighted by atomic mass is 79.9. The van der Waals surface area contributed by atoms with Gasteiger partial charge < -0.3 is 10.1 Å². The summed E-state index contributed by atoms with van der Waals surface area (Å²) in [6, 6.07) is 2.05. The minimum atomic E-state index is -0.620. The Hall–Kier alpha value is -0.680. The van der Waals surface area contributed by atoms with E-state index in [1.165, 1.54) is 6.07 Å². The molecule has 0 aliphatic rings. The third-order valence-electron chi connectivity index (χ3n) is 1.98. The van der Waals surface area contributed by atoms with Crippen LogP contribution < -0.4 is 5.32 Å². The molecule has 0 aromatic heterocycles. The van der Waals surface area contributed by atoms with Crippen LogP contribution in [0, 0.1) is 11.6 Å². The van der Waals surface area contributed by atoms with E-state index in [4.69, 9.17) is 4.74 Å². The van der Waals surface area contributed by atoms with E-state index in [1.54, 1.807) is 7.11 Å². The third-order valence-corrected chi connectivity index (χ3v) is 2.60. The van der Waals surface area contributed by atoms with Gasteiger partial charge in [0.15, 0.2) is 0 Å². The average molecular weight is 280 g/mol. The van der Waals surface area contributed by atoms with Crippen LogP contribution in [0.3, 0.4) is 0 Å². The Bertz CT molecular complexity index is 323. The van der Waals surface area contributed by atoms with Gasteiger partial charge in [0, 0.05) is 24.2 Å². The summed E-state index contributed by atoms with van der Waals surface area (Å²) in [6.45, 7) is 2.31. The Morgan fingerprint density at radius 2 is 2.13 bits per heavy atom. The zero-order chi connectivity index (χ0) is 11.4. The number of halogens is 3. The molecule has 0 bridgehead atoms. The molecule has 1 rings (SSSR count). The van der Waals surface area contributed by atoms with Gasteiger partial charge in [0.25, 0.3) is 0 Å². The Morgan fingerprint density at radius 1 is 1.47 bits per heavy atom. The van der Waals surface area contributed by atoms with Gasteiger partial charge in [-0.15, -0.1) is 0 Å². The average Bonchev–Trinajstić information content (AvgIpc) is 2.15. The molecule has 1 N–H and O–H groups in total. The molecule has 2 nitrogen and oxygen atoms in total. The van der Waals surface area contributed by atoms with Gasteiger partial charge in [-0.25, -0.2) is 8.78 Å². The first-order chi connectivity index (χ1) is 7.04. The summed E-state index contributed by atoms with van der Waals surface area (Å²) in [5.41, 5.74) is 0.250. The summed E-state index contributed by atoms with van der Waals surface area (Å²) in [5.74, 6) is -1.23. The van der Waals surface area contributed by atoms with E-state index < -0.39 is 11.6 Å². The normalized spacial score (nSPS) is 12.6. The highest BCUT2D eigenvalue weighted by Gasteiger charge is 2.10. The second kappa shape index (κ2) is 5.42. The van der Waals surface area contributed by atoms with Crippen LogP contribution in [0.2, 0.25) is 0 Å². The number of hydrogen-bond acceptors (Lipinski definition) is 2. The lowest BCUT2D eigenvalue weighted by Crippen LogP contribution is -2.19. The molecule has 5 heteroatoms. The minimum absolute atomic E-state index is 0.0404. The zero-order valence-electron chi connectivity index (χ0n) is 8.48. The van der Waals surface area contributed by atoms with Crippen molar-refractivity contribution < 1.29 is 13.5 Å². The van der Waals surface area contributed by atoms with Crippen LogP contribution in [0.25, 0.3) is 0 Å². The zero-order valence-corrected chi connectivity index (χ0v) is 10.1. The topological polar surface area (TPSA) is 21.3 Å². The third kappa shape index (κ3) is 3.43. The maximum Gasteiger partial charge on any atom is 0.150 e. The lowest BCUT2D eigenvalue weighted by Gasteiger charge is -2.13. The fraction of sp³-hybridized carbons (Fsp3) is 0.400. The van der Waals surface area contributed by atoms with Crippen molar-refractivity contribution in [2.75, 3.05) is 19.0 Å². The van der Waals surface area contributed by atoms with Crippen molar-refractivity contribution in [1.82, 2.24) is 0 Å². The van der Waals surface area contributed by atoms with E-state index in [-0.39, 0.29) is 11.8 Å². The minimum Gasteiger partial charge on any atom is -0.380 e. The number of anilines is 1. The quantitative estimate of drug-likeness (QED) is 0.914.